The minimum atomic E-state index is -3.24. The number of rotatable bonds is 4. The minimum Gasteiger partial charge on any atom is -0.368 e. The zero-order valence-corrected chi connectivity index (χ0v) is 14.9. The molecule has 128 valence electrons. The third kappa shape index (κ3) is 4.30. The van der Waals surface area contributed by atoms with Crippen molar-refractivity contribution in [1.29, 1.82) is 0 Å². The molecule has 0 aliphatic carbocycles. The second-order valence-corrected chi connectivity index (χ2v) is 7.87. The number of hydrogen-bond acceptors (Lipinski definition) is 5. The Morgan fingerprint density at radius 1 is 1.00 bits per heavy atom. The Morgan fingerprint density at radius 3 is 2.12 bits per heavy atom. The first-order valence-corrected chi connectivity index (χ1v) is 9.87. The van der Waals surface area contributed by atoms with Gasteiger partial charge in [0.25, 0.3) is 0 Å². The molecule has 0 unspecified atom stereocenters. The lowest BCUT2D eigenvalue weighted by molar-refractivity contribution is 0.607. The monoisotopic (exact) mass is 366 g/mol. The number of hydrogen-bond donors (Lipinski definition) is 1. The van der Waals surface area contributed by atoms with E-state index in [4.69, 9.17) is 11.6 Å². The van der Waals surface area contributed by atoms with Crippen molar-refractivity contribution in [3.63, 3.8) is 0 Å². The third-order valence-corrected chi connectivity index (χ3v) is 4.70. The zero-order valence-electron chi connectivity index (χ0n) is 13.3. The van der Waals surface area contributed by atoms with Gasteiger partial charge in [0.2, 0.25) is 10.0 Å². The van der Waals surface area contributed by atoms with Crippen LogP contribution in [0.1, 0.15) is 0 Å². The molecule has 8 heteroatoms. The first kappa shape index (κ1) is 16.9. The fraction of sp³-hybridized carbons (Fsp3) is 0.312. The maximum Gasteiger partial charge on any atom is 0.229 e. The third-order valence-electron chi connectivity index (χ3n) is 3.89. The number of nitrogens with one attached hydrogen (secondary N) is 1. The van der Waals surface area contributed by atoms with Gasteiger partial charge in [-0.1, -0.05) is 11.6 Å². The van der Waals surface area contributed by atoms with Crippen molar-refractivity contribution in [2.24, 2.45) is 0 Å². The van der Waals surface area contributed by atoms with Crippen LogP contribution < -0.4 is 14.5 Å². The highest BCUT2D eigenvalue weighted by molar-refractivity contribution is 7.92. The molecular weight excluding hydrogens is 348 g/mol. The van der Waals surface area contributed by atoms with E-state index in [-0.39, 0.29) is 0 Å². The van der Waals surface area contributed by atoms with E-state index in [1.165, 1.54) is 0 Å². The van der Waals surface area contributed by atoms with Crippen molar-refractivity contribution >= 4 is 38.7 Å². The van der Waals surface area contributed by atoms with Crippen molar-refractivity contribution in [2.75, 3.05) is 47.0 Å². The van der Waals surface area contributed by atoms with Crippen LogP contribution in [-0.2, 0) is 10.0 Å². The molecule has 1 fully saturated rings. The molecule has 0 amide bonds. The van der Waals surface area contributed by atoms with Crippen molar-refractivity contribution < 1.29 is 8.42 Å². The summed E-state index contributed by atoms with van der Waals surface area (Å²) in [5, 5.41) is 0.504. The van der Waals surface area contributed by atoms with Gasteiger partial charge in [-0.2, -0.15) is 0 Å². The van der Waals surface area contributed by atoms with Crippen LogP contribution in [0.15, 0.2) is 42.6 Å². The van der Waals surface area contributed by atoms with Gasteiger partial charge in [-0.15, -0.1) is 0 Å². The van der Waals surface area contributed by atoms with Crippen molar-refractivity contribution in [3.05, 3.63) is 47.7 Å². The average molecular weight is 367 g/mol. The predicted octanol–water partition coefficient (Wildman–Crippen LogP) is 2.43. The summed E-state index contributed by atoms with van der Waals surface area (Å²) in [6.45, 7) is 3.56. The molecule has 1 aromatic heterocycles. The second kappa shape index (κ2) is 6.86. The summed E-state index contributed by atoms with van der Waals surface area (Å²) in [6.07, 6.45) is 2.86. The molecule has 6 nitrogen and oxygen atoms in total. The van der Waals surface area contributed by atoms with Gasteiger partial charge < -0.3 is 9.80 Å². The summed E-state index contributed by atoms with van der Waals surface area (Å²) in [6, 6.07) is 11.3. The molecule has 1 aliphatic heterocycles. The molecular formula is C16H19ClN4O2S. The molecule has 0 saturated carbocycles. The molecule has 1 aromatic carbocycles. The maximum absolute atomic E-state index is 11.2. The van der Waals surface area contributed by atoms with Crippen molar-refractivity contribution in [1.82, 2.24) is 4.98 Å². The van der Waals surface area contributed by atoms with Crippen molar-refractivity contribution in [3.8, 4) is 0 Å². The molecule has 1 N–H and O–H groups in total. The molecule has 1 aliphatic rings. The summed E-state index contributed by atoms with van der Waals surface area (Å²) in [7, 11) is -3.24. The highest BCUT2D eigenvalue weighted by atomic mass is 35.5. The van der Waals surface area contributed by atoms with Crippen LogP contribution in [0.4, 0.5) is 17.1 Å². The maximum atomic E-state index is 11.2. The predicted molar refractivity (Wildman–Crippen MR) is 98.6 cm³/mol. The van der Waals surface area contributed by atoms with E-state index in [1.807, 2.05) is 24.3 Å². The Bertz CT molecular complexity index is 803. The molecule has 2 heterocycles. The van der Waals surface area contributed by atoms with Gasteiger partial charge in [-0.25, -0.2) is 13.4 Å². The molecule has 0 bridgehead atoms. The first-order valence-electron chi connectivity index (χ1n) is 7.60. The number of nitrogens with zero attached hydrogens (tertiary/aromatic N) is 3. The Morgan fingerprint density at radius 2 is 1.58 bits per heavy atom. The molecule has 0 radical (unpaired) electrons. The van der Waals surface area contributed by atoms with Gasteiger partial charge in [-0.05, 0) is 36.4 Å². The van der Waals surface area contributed by atoms with Crippen LogP contribution in [-0.4, -0.2) is 45.8 Å². The average Bonchev–Trinajstić information content (AvgIpc) is 2.54. The Labute approximate surface area is 147 Å². The molecule has 2 aromatic rings. The van der Waals surface area contributed by atoms with Crippen LogP contribution >= 0.6 is 11.6 Å². The normalized spacial score (nSPS) is 15.4. The lowest BCUT2D eigenvalue weighted by Gasteiger charge is -2.37. The van der Waals surface area contributed by atoms with Crippen LogP contribution in [0.25, 0.3) is 0 Å². The Hall–Kier alpha value is -1.99. The molecule has 0 atom stereocenters. The summed E-state index contributed by atoms with van der Waals surface area (Å²) < 4.78 is 25.0. The van der Waals surface area contributed by atoms with E-state index in [0.717, 1.165) is 43.8 Å². The van der Waals surface area contributed by atoms with Gasteiger partial charge in [0, 0.05) is 49.4 Å². The second-order valence-electron chi connectivity index (χ2n) is 5.73. The lowest BCUT2D eigenvalue weighted by atomic mass is 10.2. The number of benzene rings is 1. The van der Waals surface area contributed by atoms with E-state index in [2.05, 4.69) is 19.5 Å². The van der Waals surface area contributed by atoms with Crippen LogP contribution in [0.3, 0.4) is 0 Å². The van der Waals surface area contributed by atoms with E-state index in [0.29, 0.717) is 10.8 Å². The van der Waals surface area contributed by atoms with E-state index < -0.39 is 10.0 Å². The highest BCUT2D eigenvalue weighted by Gasteiger charge is 2.18. The van der Waals surface area contributed by atoms with Gasteiger partial charge in [0.15, 0.2) is 0 Å². The van der Waals surface area contributed by atoms with E-state index >= 15 is 0 Å². The summed E-state index contributed by atoms with van der Waals surface area (Å²) >= 11 is 5.95. The summed E-state index contributed by atoms with van der Waals surface area (Å²) in [4.78, 5) is 8.57. The number of aromatic nitrogens is 1. The molecule has 0 spiro atoms. The number of sulfonamides is 1. The van der Waals surface area contributed by atoms with Crippen molar-refractivity contribution in [2.45, 2.75) is 0 Å². The zero-order chi connectivity index (χ0) is 17.2. The largest absolute Gasteiger partial charge is 0.368 e. The van der Waals surface area contributed by atoms with Gasteiger partial charge in [-0.3, -0.25) is 4.72 Å². The number of pyridine rings is 1. The fourth-order valence-electron chi connectivity index (χ4n) is 2.77. The van der Waals surface area contributed by atoms with Crippen LogP contribution in [0.5, 0.6) is 0 Å². The van der Waals surface area contributed by atoms with E-state index in [1.54, 1.807) is 18.3 Å². The standard InChI is InChI=1S/C16H19ClN4O2S/c1-24(22,23)19-13-2-4-14(5-3-13)20-8-10-21(11-9-20)15-6-7-18-16(17)12-15/h2-7,12,19H,8-11H2,1H3. The van der Waals surface area contributed by atoms with E-state index in [9.17, 15) is 8.42 Å². The fourth-order valence-corrected chi connectivity index (χ4v) is 3.50. The SMILES string of the molecule is CS(=O)(=O)Nc1ccc(N2CCN(c3ccnc(Cl)c3)CC2)cc1. The summed E-state index contributed by atoms with van der Waals surface area (Å²) in [5.41, 5.74) is 2.75. The minimum absolute atomic E-state index is 0.504. The topological polar surface area (TPSA) is 65.5 Å². The lowest BCUT2D eigenvalue weighted by Crippen LogP contribution is -2.46. The highest BCUT2D eigenvalue weighted by Crippen LogP contribution is 2.23. The molecule has 1 saturated heterocycles. The summed E-state index contributed by atoms with van der Waals surface area (Å²) in [5.74, 6) is 0. The van der Waals surface area contributed by atoms with Gasteiger partial charge >= 0.3 is 0 Å². The Balaban J connectivity index is 1.62. The first-order chi connectivity index (χ1) is 11.4. The molecule has 24 heavy (non-hydrogen) atoms. The quantitative estimate of drug-likeness (QED) is 0.842. The number of anilines is 3. The number of piperazine rings is 1. The number of halogens is 1. The smallest absolute Gasteiger partial charge is 0.229 e. The van der Waals surface area contributed by atoms with Gasteiger partial charge in [0.1, 0.15) is 5.15 Å². The van der Waals surface area contributed by atoms with Gasteiger partial charge in [0.05, 0.1) is 6.26 Å². The van der Waals surface area contributed by atoms with Crippen LogP contribution in [0.2, 0.25) is 5.15 Å². The molecule has 3 rings (SSSR count). The van der Waals surface area contributed by atoms with Crippen LogP contribution in [0, 0.1) is 0 Å². The Kier molecular flexibility index (Phi) is 4.82.